The lowest BCUT2D eigenvalue weighted by molar-refractivity contribution is -0.384. The lowest BCUT2D eigenvalue weighted by Gasteiger charge is -2.17. The van der Waals surface area contributed by atoms with Crippen LogP contribution in [0.3, 0.4) is 0 Å². The normalized spacial score (nSPS) is 11.4. The first kappa shape index (κ1) is 21.8. The number of nitrogens with zero attached hydrogens (tertiary/aromatic N) is 2. The van der Waals surface area contributed by atoms with E-state index >= 15 is 0 Å². The molecule has 11 heteroatoms. The number of non-ortho nitro benzene ring substituents is 1. The number of carbonyl (C=O) groups is 1. The van der Waals surface area contributed by atoms with E-state index in [0.29, 0.717) is 29.4 Å². The number of primary sulfonamides is 1. The standard InChI is InChI=1S/C17H19ClN4O5S/c1-21(11-12-10-14(22(24)25)4-7-16(12)18)9-8-17(23)20-13-2-5-15(6-3-13)28(19,26)27/h2-7,10H,8-9,11H2,1H3,(H,20,23)(H2,19,26,27). The largest absolute Gasteiger partial charge is 0.326 e. The highest BCUT2D eigenvalue weighted by atomic mass is 35.5. The lowest BCUT2D eigenvalue weighted by Crippen LogP contribution is -2.24. The molecule has 28 heavy (non-hydrogen) atoms. The first-order valence-corrected chi connectivity index (χ1v) is 10.0. The third kappa shape index (κ3) is 6.27. The van der Waals surface area contributed by atoms with Crippen molar-refractivity contribution < 1.29 is 18.1 Å². The van der Waals surface area contributed by atoms with Gasteiger partial charge in [0.1, 0.15) is 0 Å². The summed E-state index contributed by atoms with van der Waals surface area (Å²) in [6.45, 7) is 0.733. The molecule has 0 unspecified atom stereocenters. The fourth-order valence-corrected chi connectivity index (χ4v) is 3.10. The molecule has 0 saturated heterocycles. The number of anilines is 1. The van der Waals surface area contributed by atoms with Gasteiger partial charge in [-0.1, -0.05) is 11.6 Å². The monoisotopic (exact) mass is 426 g/mol. The number of nitrogens with two attached hydrogens (primary N) is 1. The van der Waals surface area contributed by atoms with E-state index in [4.69, 9.17) is 16.7 Å². The lowest BCUT2D eigenvalue weighted by atomic mass is 10.2. The molecule has 0 aliphatic carbocycles. The third-order valence-electron chi connectivity index (χ3n) is 3.87. The van der Waals surface area contributed by atoms with Crippen LogP contribution in [0.15, 0.2) is 47.4 Å². The third-order valence-corrected chi connectivity index (χ3v) is 5.17. The molecule has 0 heterocycles. The van der Waals surface area contributed by atoms with Crippen molar-refractivity contribution in [3.63, 3.8) is 0 Å². The summed E-state index contributed by atoms with van der Waals surface area (Å²) in [5, 5.41) is 19.0. The minimum atomic E-state index is -3.78. The Kier molecular flexibility index (Phi) is 7.08. The van der Waals surface area contributed by atoms with E-state index in [0.717, 1.165) is 0 Å². The van der Waals surface area contributed by atoms with Crippen LogP contribution in [-0.2, 0) is 21.4 Å². The molecule has 0 fully saturated rings. The fourth-order valence-electron chi connectivity index (χ4n) is 2.41. The Morgan fingerprint density at radius 3 is 2.46 bits per heavy atom. The molecule has 0 aliphatic heterocycles. The summed E-state index contributed by atoms with van der Waals surface area (Å²) in [5.41, 5.74) is 0.993. The zero-order chi connectivity index (χ0) is 20.9. The number of benzene rings is 2. The van der Waals surface area contributed by atoms with Gasteiger partial charge in [0.2, 0.25) is 15.9 Å². The summed E-state index contributed by atoms with van der Waals surface area (Å²) in [6.07, 6.45) is 0.167. The van der Waals surface area contributed by atoms with Crippen molar-refractivity contribution in [2.75, 3.05) is 18.9 Å². The summed E-state index contributed by atoms with van der Waals surface area (Å²) in [7, 11) is -2.02. The van der Waals surface area contributed by atoms with Gasteiger partial charge >= 0.3 is 0 Å². The molecule has 150 valence electrons. The number of rotatable bonds is 8. The number of nitro groups is 1. The summed E-state index contributed by atoms with van der Waals surface area (Å²) in [6, 6.07) is 9.73. The van der Waals surface area contributed by atoms with Crippen LogP contribution in [0.4, 0.5) is 11.4 Å². The molecule has 9 nitrogen and oxygen atoms in total. The Bertz CT molecular complexity index is 980. The fraction of sp³-hybridized carbons (Fsp3) is 0.235. The quantitative estimate of drug-likeness (QED) is 0.491. The molecule has 0 bridgehead atoms. The molecule has 2 aromatic rings. The Hall–Kier alpha value is -2.53. The van der Waals surface area contributed by atoms with Gasteiger partial charge in [-0.3, -0.25) is 14.9 Å². The summed E-state index contributed by atoms with van der Waals surface area (Å²) in [5.74, 6) is -0.264. The van der Waals surface area contributed by atoms with Crippen molar-refractivity contribution in [3.05, 3.63) is 63.2 Å². The molecule has 0 aliphatic rings. The molecule has 3 N–H and O–H groups in total. The average Bonchev–Trinajstić information content (AvgIpc) is 2.61. The number of sulfonamides is 1. The molecule has 2 aromatic carbocycles. The number of hydrogen-bond acceptors (Lipinski definition) is 6. The maximum Gasteiger partial charge on any atom is 0.269 e. The second-order valence-corrected chi connectivity index (χ2v) is 8.11. The molecule has 0 saturated carbocycles. The average molecular weight is 427 g/mol. The smallest absolute Gasteiger partial charge is 0.269 e. The van der Waals surface area contributed by atoms with Gasteiger partial charge in [0, 0.05) is 42.4 Å². The minimum Gasteiger partial charge on any atom is -0.326 e. The topological polar surface area (TPSA) is 136 Å². The van der Waals surface area contributed by atoms with Crippen LogP contribution in [0.25, 0.3) is 0 Å². The van der Waals surface area contributed by atoms with Gasteiger partial charge < -0.3 is 10.2 Å². The molecule has 0 aromatic heterocycles. The van der Waals surface area contributed by atoms with Crippen molar-refractivity contribution in [3.8, 4) is 0 Å². The zero-order valence-electron chi connectivity index (χ0n) is 15.0. The van der Waals surface area contributed by atoms with Crippen LogP contribution in [0, 0.1) is 10.1 Å². The van der Waals surface area contributed by atoms with Gasteiger partial charge in [0.15, 0.2) is 0 Å². The second kappa shape index (κ2) is 9.11. The van der Waals surface area contributed by atoms with Crippen molar-refractivity contribution in [2.45, 2.75) is 17.9 Å². The van der Waals surface area contributed by atoms with Crippen LogP contribution in [0.2, 0.25) is 5.02 Å². The van der Waals surface area contributed by atoms with E-state index in [9.17, 15) is 23.3 Å². The number of nitrogens with one attached hydrogen (secondary N) is 1. The van der Waals surface area contributed by atoms with Crippen LogP contribution in [0.5, 0.6) is 0 Å². The van der Waals surface area contributed by atoms with E-state index in [1.807, 2.05) is 4.90 Å². The van der Waals surface area contributed by atoms with Crippen LogP contribution < -0.4 is 10.5 Å². The van der Waals surface area contributed by atoms with Crippen molar-refractivity contribution in [1.29, 1.82) is 0 Å². The SMILES string of the molecule is CN(CCC(=O)Nc1ccc(S(N)(=O)=O)cc1)Cc1cc([N+](=O)[O-])ccc1Cl. The number of carbonyl (C=O) groups excluding carboxylic acids is 1. The number of nitro benzene ring substituents is 1. The number of halogens is 1. The van der Waals surface area contributed by atoms with Gasteiger partial charge in [-0.15, -0.1) is 0 Å². The van der Waals surface area contributed by atoms with E-state index in [-0.39, 0.29) is 22.9 Å². The van der Waals surface area contributed by atoms with E-state index in [1.165, 1.54) is 42.5 Å². The van der Waals surface area contributed by atoms with Gasteiger partial charge in [-0.05, 0) is 42.9 Å². The molecule has 0 radical (unpaired) electrons. The van der Waals surface area contributed by atoms with Crippen LogP contribution in [0.1, 0.15) is 12.0 Å². The summed E-state index contributed by atoms with van der Waals surface area (Å²) < 4.78 is 22.4. The molecular weight excluding hydrogens is 408 g/mol. The van der Waals surface area contributed by atoms with Gasteiger partial charge in [0.25, 0.3) is 5.69 Å². The highest BCUT2D eigenvalue weighted by Crippen LogP contribution is 2.23. The zero-order valence-corrected chi connectivity index (χ0v) is 16.5. The Morgan fingerprint density at radius 1 is 1.25 bits per heavy atom. The number of amides is 1. The van der Waals surface area contributed by atoms with Crippen molar-refractivity contribution >= 4 is 38.9 Å². The Morgan fingerprint density at radius 2 is 1.89 bits per heavy atom. The van der Waals surface area contributed by atoms with E-state index in [1.54, 1.807) is 7.05 Å². The molecule has 1 amide bonds. The predicted molar refractivity (Wildman–Crippen MR) is 106 cm³/mol. The Balaban J connectivity index is 1.89. The first-order valence-electron chi connectivity index (χ1n) is 8.10. The minimum absolute atomic E-state index is 0.0425. The van der Waals surface area contributed by atoms with E-state index < -0.39 is 14.9 Å². The molecule has 0 spiro atoms. The highest BCUT2D eigenvalue weighted by molar-refractivity contribution is 7.89. The predicted octanol–water partition coefficient (Wildman–Crippen LogP) is 2.36. The molecular formula is C17H19ClN4O5S. The highest BCUT2D eigenvalue weighted by Gasteiger charge is 2.13. The maximum atomic E-state index is 12.1. The Labute approximate surface area is 167 Å². The van der Waals surface area contributed by atoms with Crippen molar-refractivity contribution in [2.24, 2.45) is 5.14 Å². The first-order chi connectivity index (χ1) is 13.1. The van der Waals surface area contributed by atoms with Gasteiger partial charge in [0.05, 0.1) is 9.82 Å². The molecule has 2 rings (SSSR count). The summed E-state index contributed by atoms with van der Waals surface area (Å²) >= 11 is 6.08. The molecule has 0 atom stereocenters. The van der Waals surface area contributed by atoms with Gasteiger partial charge in [-0.25, -0.2) is 13.6 Å². The van der Waals surface area contributed by atoms with Gasteiger partial charge in [-0.2, -0.15) is 0 Å². The van der Waals surface area contributed by atoms with Crippen molar-refractivity contribution in [1.82, 2.24) is 4.90 Å². The maximum absolute atomic E-state index is 12.1. The van der Waals surface area contributed by atoms with Crippen LogP contribution >= 0.6 is 11.6 Å². The second-order valence-electron chi connectivity index (χ2n) is 6.14. The number of hydrogen-bond donors (Lipinski definition) is 2. The summed E-state index contributed by atoms with van der Waals surface area (Å²) in [4.78, 5) is 24.2. The van der Waals surface area contributed by atoms with E-state index in [2.05, 4.69) is 5.32 Å². The van der Waals surface area contributed by atoms with Crippen LogP contribution in [-0.4, -0.2) is 37.7 Å².